The van der Waals surface area contributed by atoms with E-state index in [0.29, 0.717) is 16.8 Å². The summed E-state index contributed by atoms with van der Waals surface area (Å²) >= 11 is 5.95. The van der Waals surface area contributed by atoms with E-state index >= 15 is 0 Å². The third kappa shape index (κ3) is 4.34. The molecule has 2 aromatic rings. The summed E-state index contributed by atoms with van der Waals surface area (Å²) in [6.45, 7) is 1.02. The molecule has 0 aromatic heterocycles. The van der Waals surface area contributed by atoms with Gasteiger partial charge in [0.05, 0.1) is 15.4 Å². The number of hydrogen-bond acceptors (Lipinski definition) is 6. The summed E-state index contributed by atoms with van der Waals surface area (Å²) in [4.78, 5) is 24.5. The molecule has 29 heavy (non-hydrogen) atoms. The predicted molar refractivity (Wildman–Crippen MR) is 101 cm³/mol. The Kier molecular flexibility index (Phi) is 5.51. The topological polar surface area (TPSA) is 92.8 Å². The molecule has 0 unspecified atom stereocenters. The third-order valence-corrected chi connectivity index (χ3v) is 4.83. The molecule has 1 heterocycles. The number of halogens is 4. The second kappa shape index (κ2) is 7.74. The molecule has 0 atom stereocenters. The molecule has 3 rings (SSSR count). The van der Waals surface area contributed by atoms with Crippen LogP contribution in [0.2, 0.25) is 5.02 Å². The van der Waals surface area contributed by atoms with Crippen LogP contribution < -0.4 is 9.80 Å². The van der Waals surface area contributed by atoms with Crippen LogP contribution in [0.15, 0.2) is 36.4 Å². The monoisotopic (exact) mass is 430 g/mol. The van der Waals surface area contributed by atoms with Crippen molar-refractivity contribution in [2.24, 2.45) is 0 Å². The number of nitro groups is 2. The van der Waals surface area contributed by atoms with Gasteiger partial charge in [0.15, 0.2) is 0 Å². The second-order valence-corrected chi connectivity index (χ2v) is 6.76. The van der Waals surface area contributed by atoms with Crippen molar-refractivity contribution in [3.05, 3.63) is 67.2 Å². The van der Waals surface area contributed by atoms with Gasteiger partial charge in [-0.3, -0.25) is 20.2 Å². The number of benzene rings is 2. The Morgan fingerprint density at radius 1 is 0.828 bits per heavy atom. The first kappa shape index (κ1) is 20.6. The molecule has 8 nitrogen and oxygen atoms in total. The lowest BCUT2D eigenvalue weighted by Crippen LogP contribution is -2.46. The van der Waals surface area contributed by atoms with Gasteiger partial charge in [-0.25, -0.2) is 0 Å². The van der Waals surface area contributed by atoms with Crippen molar-refractivity contribution >= 4 is 34.4 Å². The highest BCUT2D eigenvalue weighted by Crippen LogP contribution is 2.38. The summed E-state index contributed by atoms with van der Waals surface area (Å²) in [5.41, 5.74) is -1.46. The standard InChI is InChI=1S/C17H14ClF3N4O4/c18-12-2-4-14(24(26)27)15(10-12)23-7-5-22(6-8-23)13-3-1-11(17(19,20)21)9-16(13)25(28)29/h1-4,9-10H,5-8H2. The van der Waals surface area contributed by atoms with Crippen molar-refractivity contribution in [1.29, 1.82) is 0 Å². The number of nitrogens with zero attached hydrogens (tertiary/aromatic N) is 4. The Balaban J connectivity index is 1.84. The van der Waals surface area contributed by atoms with Crippen molar-refractivity contribution in [3.63, 3.8) is 0 Å². The smallest absolute Gasteiger partial charge is 0.362 e. The number of piperazine rings is 1. The van der Waals surface area contributed by atoms with Gasteiger partial charge in [0.2, 0.25) is 0 Å². The summed E-state index contributed by atoms with van der Waals surface area (Å²) in [5, 5.41) is 22.9. The Morgan fingerprint density at radius 3 is 1.90 bits per heavy atom. The molecule has 154 valence electrons. The van der Waals surface area contributed by atoms with E-state index in [1.807, 2.05) is 0 Å². The molecule has 0 bridgehead atoms. The van der Waals surface area contributed by atoms with E-state index < -0.39 is 27.3 Å². The van der Waals surface area contributed by atoms with Gasteiger partial charge in [-0.2, -0.15) is 13.2 Å². The summed E-state index contributed by atoms with van der Waals surface area (Å²) in [7, 11) is 0. The molecule has 0 N–H and O–H groups in total. The molecule has 0 spiro atoms. The van der Waals surface area contributed by atoms with Gasteiger partial charge < -0.3 is 9.80 Å². The SMILES string of the molecule is O=[N+]([O-])c1ccc(Cl)cc1N1CCN(c2ccc(C(F)(F)F)cc2[N+](=O)[O-])CC1. The maximum Gasteiger partial charge on any atom is 0.416 e. The number of rotatable bonds is 4. The fourth-order valence-electron chi connectivity index (χ4n) is 3.21. The van der Waals surface area contributed by atoms with E-state index in [9.17, 15) is 33.4 Å². The number of alkyl halides is 3. The highest BCUT2D eigenvalue weighted by molar-refractivity contribution is 6.31. The average molecular weight is 431 g/mol. The minimum absolute atomic E-state index is 0.0724. The molecule has 0 aliphatic carbocycles. The highest BCUT2D eigenvalue weighted by atomic mass is 35.5. The van der Waals surface area contributed by atoms with Crippen LogP contribution >= 0.6 is 11.6 Å². The fraction of sp³-hybridized carbons (Fsp3) is 0.294. The first-order chi connectivity index (χ1) is 13.6. The summed E-state index contributed by atoms with van der Waals surface area (Å²) in [6, 6.07) is 6.57. The van der Waals surface area contributed by atoms with Crippen molar-refractivity contribution in [3.8, 4) is 0 Å². The zero-order valence-electron chi connectivity index (χ0n) is 14.7. The van der Waals surface area contributed by atoms with Crippen LogP contribution in [0.4, 0.5) is 35.9 Å². The van der Waals surface area contributed by atoms with Crippen LogP contribution in [0.5, 0.6) is 0 Å². The quantitative estimate of drug-likeness (QED) is 0.523. The van der Waals surface area contributed by atoms with Gasteiger partial charge in [0.25, 0.3) is 11.4 Å². The zero-order valence-corrected chi connectivity index (χ0v) is 15.5. The molecule has 2 aromatic carbocycles. The molecule has 0 amide bonds. The van der Waals surface area contributed by atoms with Crippen LogP contribution in [0.3, 0.4) is 0 Å². The Morgan fingerprint density at radius 2 is 1.38 bits per heavy atom. The second-order valence-electron chi connectivity index (χ2n) is 6.32. The van der Waals surface area contributed by atoms with Gasteiger partial charge in [-0.15, -0.1) is 0 Å². The van der Waals surface area contributed by atoms with Crippen LogP contribution in [0.25, 0.3) is 0 Å². The summed E-state index contributed by atoms with van der Waals surface area (Å²) in [5.74, 6) is 0. The number of anilines is 2. The van der Waals surface area contributed by atoms with Gasteiger partial charge >= 0.3 is 6.18 Å². The van der Waals surface area contributed by atoms with E-state index in [4.69, 9.17) is 11.6 Å². The van der Waals surface area contributed by atoms with Crippen LogP contribution in [0.1, 0.15) is 5.56 Å². The van der Waals surface area contributed by atoms with Crippen LogP contribution in [-0.2, 0) is 6.18 Å². The maximum atomic E-state index is 12.9. The summed E-state index contributed by atoms with van der Waals surface area (Å²) in [6.07, 6.45) is -4.69. The minimum Gasteiger partial charge on any atom is -0.362 e. The van der Waals surface area contributed by atoms with E-state index in [0.717, 1.165) is 12.1 Å². The van der Waals surface area contributed by atoms with Gasteiger partial charge in [0.1, 0.15) is 11.4 Å². The van der Waals surface area contributed by atoms with Crippen LogP contribution in [0, 0.1) is 20.2 Å². The highest BCUT2D eigenvalue weighted by Gasteiger charge is 2.34. The molecule has 1 aliphatic heterocycles. The maximum absolute atomic E-state index is 12.9. The number of hydrogen-bond donors (Lipinski definition) is 0. The van der Waals surface area contributed by atoms with Gasteiger partial charge in [-0.05, 0) is 24.3 Å². The van der Waals surface area contributed by atoms with Gasteiger partial charge in [-0.1, -0.05) is 11.6 Å². The van der Waals surface area contributed by atoms with E-state index in [2.05, 4.69) is 0 Å². The Bertz CT molecular complexity index is 962. The number of nitro benzene ring substituents is 2. The molecule has 0 radical (unpaired) electrons. The molecule has 0 saturated carbocycles. The molecular weight excluding hydrogens is 417 g/mol. The molecule has 1 aliphatic rings. The first-order valence-electron chi connectivity index (χ1n) is 8.37. The first-order valence-corrected chi connectivity index (χ1v) is 8.75. The normalized spacial score (nSPS) is 14.8. The third-order valence-electron chi connectivity index (χ3n) is 4.59. The molecule has 1 fully saturated rings. The van der Waals surface area contributed by atoms with Crippen molar-refractivity contribution < 1.29 is 23.0 Å². The van der Waals surface area contributed by atoms with Crippen molar-refractivity contribution in [2.45, 2.75) is 6.18 Å². The fourth-order valence-corrected chi connectivity index (χ4v) is 3.37. The zero-order chi connectivity index (χ0) is 21.3. The van der Waals surface area contributed by atoms with E-state index in [-0.39, 0.29) is 37.6 Å². The van der Waals surface area contributed by atoms with Gasteiger partial charge in [0, 0.05) is 43.3 Å². The lowest BCUT2D eigenvalue weighted by Gasteiger charge is -2.36. The minimum atomic E-state index is -4.69. The molecule has 1 saturated heterocycles. The van der Waals surface area contributed by atoms with Crippen molar-refractivity contribution in [2.75, 3.05) is 36.0 Å². The molecule has 12 heteroatoms. The lowest BCUT2D eigenvalue weighted by atomic mass is 10.1. The Labute approximate surface area is 167 Å². The van der Waals surface area contributed by atoms with Crippen molar-refractivity contribution in [1.82, 2.24) is 0 Å². The lowest BCUT2D eigenvalue weighted by molar-refractivity contribution is -0.384. The largest absolute Gasteiger partial charge is 0.416 e. The van der Waals surface area contributed by atoms with E-state index in [1.54, 1.807) is 9.80 Å². The Hall–Kier alpha value is -3.08. The van der Waals surface area contributed by atoms with E-state index in [1.165, 1.54) is 18.2 Å². The average Bonchev–Trinajstić information content (AvgIpc) is 2.66. The molecular formula is C17H14ClF3N4O4. The predicted octanol–water partition coefficient (Wildman–Crippen LogP) is 4.50. The summed E-state index contributed by atoms with van der Waals surface area (Å²) < 4.78 is 38.6. The van der Waals surface area contributed by atoms with Crippen LogP contribution in [-0.4, -0.2) is 36.0 Å².